The molecule has 0 N–H and O–H groups in total. The molecule has 0 unspecified atom stereocenters. The van der Waals surface area contributed by atoms with E-state index in [1.807, 2.05) is 30.2 Å². The van der Waals surface area contributed by atoms with Gasteiger partial charge in [-0.25, -0.2) is 4.98 Å². The monoisotopic (exact) mass is 327 g/mol. The fourth-order valence-corrected chi connectivity index (χ4v) is 3.95. The van der Waals surface area contributed by atoms with Crippen LogP contribution in [0, 0.1) is 5.41 Å². The Hall–Kier alpha value is -1.92. The largest absolute Gasteiger partial charge is 0.379 e. The van der Waals surface area contributed by atoms with E-state index < -0.39 is 0 Å². The predicted octanol–water partition coefficient (Wildman–Crippen LogP) is 1.54. The van der Waals surface area contributed by atoms with Gasteiger partial charge in [0.15, 0.2) is 0 Å². The van der Waals surface area contributed by atoms with E-state index in [1.165, 1.54) is 5.56 Å². The smallest absolute Gasteiger partial charge is 0.128 e. The third-order valence-corrected chi connectivity index (χ3v) is 5.10. The Labute approximate surface area is 143 Å². The highest BCUT2D eigenvalue weighted by atomic mass is 16.5. The zero-order valence-corrected chi connectivity index (χ0v) is 14.3. The standard InChI is InChI=1S/C18H25N5O/c1-21-11-16(10-20-21)12-22-8-9-24-15-18(13-22)5-7-23(14-18)17-4-2-3-6-19-17/h2-4,6,10-11H,5,7-9,12-15H2,1H3/t18-/m0/s1. The maximum absolute atomic E-state index is 5.98. The summed E-state index contributed by atoms with van der Waals surface area (Å²) in [5.74, 6) is 1.08. The van der Waals surface area contributed by atoms with Crippen LogP contribution < -0.4 is 4.90 Å². The highest BCUT2D eigenvalue weighted by molar-refractivity contribution is 5.40. The molecule has 24 heavy (non-hydrogen) atoms. The first kappa shape index (κ1) is 15.6. The molecule has 0 aliphatic carbocycles. The summed E-state index contributed by atoms with van der Waals surface area (Å²) in [6, 6.07) is 6.13. The summed E-state index contributed by atoms with van der Waals surface area (Å²) >= 11 is 0. The minimum absolute atomic E-state index is 0.205. The van der Waals surface area contributed by atoms with E-state index >= 15 is 0 Å². The summed E-state index contributed by atoms with van der Waals surface area (Å²) in [4.78, 5) is 9.43. The van der Waals surface area contributed by atoms with Crippen LogP contribution in [0.4, 0.5) is 5.82 Å². The molecule has 2 aromatic heterocycles. The average Bonchev–Trinajstić information content (AvgIpc) is 3.13. The number of aromatic nitrogens is 3. The lowest BCUT2D eigenvalue weighted by atomic mass is 9.87. The van der Waals surface area contributed by atoms with Crippen molar-refractivity contribution >= 4 is 5.82 Å². The molecule has 0 saturated carbocycles. The van der Waals surface area contributed by atoms with Crippen molar-refractivity contribution in [3.8, 4) is 0 Å². The van der Waals surface area contributed by atoms with E-state index in [2.05, 4.69) is 38.2 Å². The van der Waals surface area contributed by atoms with Crippen molar-refractivity contribution < 1.29 is 4.74 Å². The second kappa shape index (κ2) is 6.53. The number of aryl methyl sites for hydroxylation is 1. The van der Waals surface area contributed by atoms with Crippen LogP contribution in [0.15, 0.2) is 36.8 Å². The van der Waals surface area contributed by atoms with Crippen LogP contribution in [-0.2, 0) is 18.3 Å². The molecule has 1 spiro atoms. The van der Waals surface area contributed by atoms with Crippen molar-refractivity contribution in [2.75, 3.05) is 44.3 Å². The van der Waals surface area contributed by atoms with Gasteiger partial charge in [0.25, 0.3) is 0 Å². The van der Waals surface area contributed by atoms with Crippen molar-refractivity contribution in [2.45, 2.75) is 13.0 Å². The van der Waals surface area contributed by atoms with E-state index in [-0.39, 0.29) is 5.41 Å². The summed E-state index contributed by atoms with van der Waals surface area (Å²) in [7, 11) is 1.97. The molecule has 0 radical (unpaired) electrons. The Kier molecular flexibility index (Phi) is 4.24. The second-order valence-electron chi connectivity index (χ2n) is 7.14. The van der Waals surface area contributed by atoms with Crippen LogP contribution in [0.1, 0.15) is 12.0 Å². The first-order valence-corrected chi connectivity index (χ1v) is 8.66. The van der Waals surface area contributed by atoms with E-state index in [1.54, 1.807) is 0 Å². The second-order valence-corrected chi connectivity index (χ2v) is 7.14. The first-order valence-electron chi connectivity index (χ1n) is 8.66. The first-order chi connectivity index (χ1) is 11.7. The summed E-state index contributed by atoms with van der Waals surface area (Å²) in [6.07, 6.45) is 7.10. The number of pyridine rings is 1. The summed E-state index contributed by atoms with van der Waals surface area (Å²) in [6.45, 7) is 6.74. The van der Waals surface area contributed by atoms with Crippen molar-refractivity contribution in [2.24, 2.45) is 12.5 Å². The molecule has 2 aromatic rings. The van der Waals surface area contributed by atoms with E-state index in [0.29, 0.717) is 0 Å². The third-order valence-electron chi connectivity index (χ3n) is 5.10. The lowest BCUT2D eigenvalue weighted by molar-refractivity contribution is 0.0798. The van der Waals surface area contributed by atoms with Gasteiger partial charge >= 0.3 is 0 Å². The molecule has 4 rings (SSSR count). The maximum atomic E-state index is 5.98. The number of hydrogen-bond acceptors (Lipinski definition) is 5. The van der Waals surface area contributed by atoms with Gasteiger partial charge in [-0.3, -0.25) is 9.58 Å². The topological polar surface area (TPSA) is 46.4 Å². The van der Waals surface area contributed by atoms with Gasteiger partial charge in [-0.1, -0.05) is 6.07 Å². The van der Waals surface area contributed by atoms with E-state index in [9.17, 15) is 0 Å². The molecule has 4 heterocycles. The van der Waals surface area contributed by atoms with Gasteiger partial charge < -0.3 is 9.64 Å². The molecule has 2 aliphatic heterocycles. The minimum atomic E-state index is 0.205. The number of rotatable bonds is 3. The van der Waals surface area contributed by atoms with Gasteiger partial charge in [-0.2, -0.15) is 5.10 Å². The zero-order chi connectivity index (χ0) is 16.4. The van der Waals surface area contributed by atoms with E-state index in [0.717, 1.165) is 58.2 Å². The minimum Gasteiger partial charge on any atom is -0.379 e. The van der Waals surface area contributed by atoms with Crippen LogP contribution in [0.3, 0.4) is 0 Å². The Morgan fingerprint density at radius 1 is 1.25 bits per heavy atom. The Morgan fingerprint density at radius 3 is 3.00 bits per heavy atom. The molecule has 0 amide bonds. The van der Waals surface area contributed by atoms with Crippen molar-refractivity contribution in [3.05, 3.63) is 42.4 Å². The number of hydrogen-bond donors (Lipinski definition) is 0. The summed E-state index contributed by atoms with van der Waals surface area (Å²) in [5.41, 5.74) is 1.48. The fourth-order valence-electron chi connectivity index (χ4n) is 3.95. The average molecular weight is 327 g/mol. The lowest BCUT2D eigenvalue weighted by Gasteiger charge is -2.31. The molecular weight excluding hydrogens is 302 g/mol. The quantitative estimate of drug-likeness (QED) is 0.856. The van der Waals surface area contributed by atoms with Crippen LogP contribution >= 0.6 is 0 Å². The zero-order valence-electron chi connectivity index (χ0n) is 14.3. The van der Waals surface area contributed by atoms with Gasteiger partial charge in [0.05, 0.1) is 19.4 Å². The van der Waals surface area contributed by atoms with E-state index in [4.69, 9.17) is 4.74 Å². The number of anilines is 1. The Bertz CT molecular complexity index is 673. The van der Waals surface area contributed by atoms with Crippen molar-refractivity contribution in [3.63, 3.8) is 0 Å². The van der Waals surface area contributed by atoms with Gasteiger partial charge in [0.2, 0.25) is 0 Å². The number of nitrogens with zero attached hydrogens (tertiary/aromatic N) is 5. The molecule has 128 valence electrons. The SMILES string of the molecule is Cn1cc(CN2CCOC[C@@]3(CCN(c4ccccn4)C3)C2)cn1. The Balaban J connectivity index is 1.46. The fraction of sp³-hybridized carbons (Fsp3) is 0.556. The van der Waals surface area contributed by atoms with Crippen LogP contribution in [-0.4, -0.2) is 59.1 Å². The highest BCUT2D eigenvalue weighted by Crippen LogP contribution is 2.35. The summed E-state index contributed by atoms with van der Waals surface area (Å²) in [5, 5.41) is 4.29. The van der Waals surface area contributed by atoms with Crippen LogP contribution in [0.2, 0.25) is 0 Å². The van der Waals surface area contributed by atoms with Gasteiger partial charge in [-0.15, -0.1) is 0 Å². The van der Waals surface area contributed by atoms with Crippen LogP contribution in [0.5, 0.6) is 0 Å². The van der Waals surface area contributed by atoms with Crippen molar-refractivity contribution in [1.82, 2.24) is 19.7 Å². The maximum Gasteiger partial charge on any atom is 0.128 e. The third kappa shape index (κ3) is 3.30. The van der Waals surface area contributed by atoms with Crippen molar-refractivity contribution in [1.29, 1.82) is 0 Å². The summed E-state index contributed by atoms with van der Waals surface area (Å²) < 4.78 is 7.85. The molecule has 0 bridgehead atoms. The molecule has 6 nitrogen and oxygen atoms in total. The van der Waals surface area contributed by atoms with Gasteiger partial charge in [0, 0.05) is 63.1 Å². The molecule has 6 heteroatoms. The molecule has 2 saturated heterocycles. The predicted molar refractivity (Wildman–Crippen MR) is 92.8 cm³/mol. The molecular formula is C18H25N5O. The van der Waals surface area contributed by atoms with Crippen LogP contribution in [0.25, 0.3) is 0 Å². The molecule has 2 aliphatic rings. The van der Waals surface area contributed by atoms with Gasteiger partial charge in [-0.05, 0) is 18.6 Å². The Morgan fingerprint density at radius 2 is 2.21 bits per heavy atom. The highest BCUT2D eigenvalue weighted by Gasteiger charge is 2.41. The molecule has 0 aromatic carbocycles. The molecule has 2 fully saturated rings. The number of ether oxygens (including phenoxy) is 1. The molecule has 1 atom stereocenters. The normalized spacial score (nSPS) is 25.3. The lowest BCUT2D eigenvalue weighted by Crippen LogP contribution is -2.40. The van der Waals surface area contributed by atoms with Gasteiger partial charge in [0.1, 0.15) is 5.82 Å².